The molecule has 3 N–H and O–H groups in total. The monoisotopic (exact) mass is 260 g/mol. The largest absolute Gasteiger partial charge is 0.480 e. The number of hydrogen-bond donors (Lipinski definition) is 3. The second kappa shape index (κ2) is 4.93. The lowest BCUT2D eigenvalue weighted by Crippen LogP contribution is -2.33. The molecule has 0 aliphatic heterocycles. The summed E-state index contributed by atoms with van der Waals surface area (Å²) in [4.78, 5) is 36.4. The van der Waals surface area contributed by atoms with Crippen LogP contribution < -0.4 is 10.9 Å². The summed E-state index contributed by atoms with van der Waals surface area (Å²) < 4.78 is 0. The summed E-state index contributed by atoms with van der Waals surface area (Å²) >= 11 is 0. The van der Waals surface area contributed by atoms with E-state index in [0.29, 0.717) is 5.52 Å². The van der Waals surface area contributed by atoms with E-state index in [1.54, 1.807) is 6.07 Å². The van der Waals surface area contributed by atoms with E-state index in [0.717, 1.165) is 10.9 Å². The fourth-order valence-electron chi connectivity index (χ4n) is 1.75. The van der Waals surface area contributed by atoms with Gasteiger partial charge >= 0.3 is 5.97 Å². The first-order valence-electron chi connectivity index (χ1n) is 5.61. The third kappa shape index (κ3) is 2.79. The van der Waals surface area contributed by atoms with Gasteiger partial charge in [-0.1, -0.05) is 11.6 Å². The van der Waals surface area contributed by atoms with Gasteiger partial charge in [0, 0.05) is 5.52 Å². The number of pyridine rings is 1. The first kappa shape index (κ1) is 12.8. The number of aromatic nitrogens is 1. The number of carbonyl (C=O) groups is 2. The maximum Gasteiger partial charge on any atom is 0.322 e. The maximum atomic E-state index is 11.7. The van der Waals surface area contributed by atoms with Gasteiger partial charge in [0.1, 0.15) is 12.1 Å². The zero-order chi connectivity index (χ0) is 14.0. The van der Waals surface area contributed by atoms with Crippen molar-refractivity contribution >= 4 is 22.8 Å². The molecule has 0 radical (unpaired) electrons. The van der Waals surface area contributed by atoms with E-state index in [9.17, 15) is 14.4 Å². The van der Waals surface area contributed by atoms with Gasteiger partial charge < -0.3 is 15.4 Å². The van der Waals surface area contributed by atoms with Gasteiger partial charge in [-0.3, -0.25) is 14.4 Å². The van der Waals surface area contributed by atoms with Gasteiger partial charge in [0.05, 0.1) is 0 Å². The van der Waals surface area contributed by atoms with Crippen LogP contribution in [0.3, 0.4) is 0 Å². The van der Waals surface area contributed by atoms with Crippen molar-refractivity contribution in [2.24, 2.45) is 0 Å². The highest BCUT2D eigenvalue weighted by atomic mass is 16.4. The first-order valence-corrected chi connectivity index (χ1v) is 5.61. The Kier molecular flexibility index (Phi) is 3.33. The van der Waals surface area contributed by atoms with Crippen molar-refractivity contribution in [3.63, 3.8) is 0 Å². The molecule has 1 aromatic heterocycles. The van der Waals surface area contributed by atoms with Crippen LogP contribution in [-0.2, 0) is 4.79 Å². The van der Waals surface area contributed by atoms with Crippen LogP contribution >= 0.6 is 0 Å². The molecule has 19 heavy (non-hydrogen) atoms. The third-order valence-electron chi connectivity index (χ3n) is 2.64. The zero-order valence-electron chi connectivity index (χ0n) is 10.2. The number of rotatable bonds is 3. The summed E-state index contributed by atoms with van der Waals surface area (Å²) in [6.07, 6.45) is 0. The molecule has 0 atom stereocenters. The van der Waals surface area contributed by atoms with E-state index < -0.39 is 24.0 Å². The molecule has 0 aliphatic rings. The van der Waals surface area contributed by atoms with Crippen LogP contribution in [0.1, 0.15) is 15.9 Å². The van der Waals surface area contributed by atoms with Gasteiger partial charge in [-0.25, -0.2) is 0 Å². The molecule has 6 nitrogen and oxygen atoms in total. The Morgan fingerprint density at radius 3 is 2.74 bits per heavy atom. The average Bonchev–Trinajstić information content (AvgIpc) is 2.35. The quantitative estimate of drug-likeness (QED) is 0.754. The standard InChI is InChI=1S/C13H12N2O4/c1-7-2-3-10-8(4-7)5-9(13(19)15-10)12(18)14-6-11(16)17/h2-5H,6H2,1H3,(H,14,18)(H,15,19)(H,16,17). The molecule has 0 bridgehead atoms. The SMILES string of the molecule is Cc1ccc2[nH]c(=O)c(C(=O)NCC(=O)O)cc2c1. The molecule has 2 aromatic rings. The molecule has 0 aliphatic carbocycles. The van der Waals surface area contributed by atoms with E-state index >= 15 is 0 Å². The molecule has 0 saturated heterocycles. The normalized spacial score (nSPS) is 10.4. The van der Waals surface area contributed by atoms with Crippen LogP contribution in [0, 0.1) is 6.92 Å². The summed E-state index contributed by atoms with van der Waals surface area (Å²) in [5, 5.41) is 11.4. The second-order valence-corrected chi connectivity index (χ2v) is 4.18. The molecule has 1 aromatic carbocycles. The third-order valence-corrected chi connectivity index (χ3v) is 2.64. The van der Waals surface area contributed by atoms with Crippen molar-refractivity contribution in [3.8, 4) is 0 Å². The van der Waals surface area contributed by atoms with Crippen LogP contribution in [0.25, 0.3) is 10.9 Å². The molecule has 0 saturated carbocycles. The average molecular weight is 260 g/mol. The summed E-state index contributed by atoms with van der Waals surface area (Å²) in [5.41, 5.74) is 0.986. The highest BCUT2D eigenvalue weighted by molar-refractivity contribution is 5.98. The molecular weight excluding hydrogens is 248 g/mol. The van der Waals surface area contributed by atoms with Gasteiger partial charge in [-0.2, -0.15) is 0 Å². The van der Waals surface area contributed by atoms with Crippen LogP contribution in [-0.4, -0.2) is 28.5 Å². The minimum absolute atomic E-state index is 0.0978. The number of nitrogens with one attached hydrogen (secondary N) is 2. The van der Waals surface area contributed by atoms with Crippen LogP contribution in [0.15, 0.2) is 29.1 Å². The summed E-state index contributed by atoms with van der Waals surface area (Å²) in [5.74, 6) is -1.87. The number of aliphatic carboxylic acids is 1. The molecule has 98 valence electrons. The van der Waals surface area contributed by atoms with E-state index in [2.05, 4.69) is 10.3 Å². The second-order valence-electron chi connectivity index (χ2n) is 4.18. The Balaban J connectivity index is 2.43. The van der Waals surface area contributed by atoms with E-state index in [1.807, 2.05) is 19.1 Å². The topological polar surface area (TPSA) is 99.3 Å². The predicted molar refractivity (Wildman–Crippen MR) is 69.3 cm³/mol. The number of aryl methyl sites for hydroxylation is 1. The van der Waals surface area contributed by atoms with E-state index in [4.69, 9.17) is 5.11 Å². The van der Waals surface area contributed by atoms with Gasteiger partial charge in [-0.05, 0) is 30.5 Å². The summed E-state index contributed by atoms with van der Waals surface area (Å²) in [7, 11) is 0. The van der Waals surface area contributed by atoms with Crippen LogP contribution in [0.4, 0.5) is 0 Å². The number of aromatic amines is 1. The molecular formula is C13H12N2O4. The number of benzene rings is 1. The van der Waals surface area contributed by atoms with E-state index in [-0.39, 0.29) is 5.56 Å². The molecule has 6 heteroatoms. The molecule has 0 spiro atoms. The van der Waals surface area contributed by atoms with Gasteiger partial charge in [-0.15, -0.1) is 0 Å². The fourth-order valence-corrected chi connectivity index (χ4v) is 1.75. The Morgan fingerprint density at radius 2 is 2.05 bits per heavy atom. The van der Waals surface area contributed by atoms with Crippen molar-refractivity contribution in [2.45, 2.75) is 6.92 Å². The molecule has 2 rings (SSSR count). The minimum atomic E-state index is -1.17. The highest BCUT2D eigenvalue weighted by Crippen LogP contribution is 2.13. The lowest BCUT2D eigenvalue weighted by Gasteiger charge is -2.04. The van der Waals surface area contributed by atoms with Crippen LogP contribution in [0.5, 0.6) is 0 Å². The number of hydrogen-bond acceptors (Lipinski definition) is 3. The Labute approximate surface area is 108 Å². The summed E-state index contributed by atoms with van der Waals surface area (Å²) in [6, 6.07) is 6.89. The molecule has 0 fully saturated rings. The Bertz CT molecular complexity index is 718. The predicted octanol–water partition coefficient (Wildman–Crippen LogP) is 0.651. The molecule has 0 unspecified atom stereocenters. The lowest BCUT2D eigenvalue weighted by atomic mass is 10.1. The molecule has 1 heterocycles. The number of H-pyrrole nitrogens is 1. The van der Waals surface area contributed by atoms with Gasteiger partial charge in [0.25, 0.3) is 11.5 Å². The van der Waals surface area contributed by atoms with Crippen molar-refractivity contribution in [1.29, 1.82) is 0 Å². The highest BCUT2D eigenvalue weighted by Gasteiger charge is 2.12. The number of amides is 1. The number of carboxylic acids is 1. The van der Waals surface area contributed by atoms with Crippen molar-refractivity contribution < 1.29 is 14.7 Å². The van der Waals surface area contributed by atoms with Gasteiger partial charge in [0.15, 0.2) is 0 Å². The number of carboxylic acid groups (broad SMARTS) is 1. The zero-order valence-corrected chi connectivity index (χ0v) is 10.2. The Hall–Kier alpha value is -2.63. The van der Waals surface area contributed by atoms with Crippen molar-refractivity contribution in [2.75, 3.05) is 6.54 Å². The van der Waals surface area contributed by atoms with Crippen LogP contribution in [0.2, 0.25) is 0 Å². The first-order chi connectivity index (χ1) is 8.97. The lowest BCUT2D eigenvalue weighted by molar-refractivity contribution is -0.135. The smallest absolute Gasteiger partial charge is 0.322 e. The Morgan fingerprint density at radius 1 is 1.32 bits per heavy atom. The molecule has 1 amide bonds. The summed E-state index contributed by atoms with van der Waals surface area (Å²) in [6.45, 7) is 1.37. The minimum Gasteiger partial charge on any atom is -0.480 e. The maximum absolute atomic E-state index is 11.7. The van der Waals surface area contributed by atoms with Crippen molar-refractivity contribution in [3.05, 3.63) is 45.7 Å². The van der Waals surface area contributed by atoms with Gasteiger partial charge in [0.2, 0.25) is 0 Å². The number of fused-ring (bicyclic) bond motifs is 1. The number of carbonyl (C=O) groups excluding carboxylic acids is 1. The van der Waals surface area contributed by atoms with Crippen molar-refractivity contribution in [1.82, 2.24) is 10.3 Å². The fraction of sp³-hybridized carbons (Fsp3) is 0.154. The van der Waals surface area contributed by atoms with E-state index in [1.165, 1.54) is 6.07 Å².